The minimum absolute atomic E-state index is 0.386. The van der Waals surface area contributed by atoms with Crippen LogP contribution in [0.4, 0.5) is 0 Å². The van der Waals surface area contributed by atoms with Gasteiger partial charge in [-0.1, -0.05) is 6.07 Å². The number of nitrogens with two attached hydrogens (primary N) is 1. The van der Waals surface area contributed by atoms with E-state index in [1.807, 2.05) is 47.6 Å². The molecule has 1 aromatic rings. The second-order valence-electron chi connectivity index (χ2n) is 7.15. The van der Waals surface area contributed by atoms with Crippen molar-refractivity contribution in [2.45, 2.75) is 59.2 Å². The van der Waals surface area contributed by atoms with E-state index in [1.54, 1.807) is 17.9 Å². The Bertz CT molecular complexity index is 545. The van der Waals surface area contributed by atoms with Crippen molar-refractivity contribution in [2.24, 2.45) is 5.73 Å². The maximum atomic E-state index is 12.0. The quantitative estimate of drug-likeness (QED) is 0.804. The van der Waals surface area contributed by atoms with Crippen LogP contribution in [0.15, 0.2) is 18.2 Å². The second-order valence-corrected chi connectivity index (χ2v) is 8.27. The van der Waals surface area contributed by atoms with Crippen LogP contribution in [-0.4, -0.2) is 23.5 Å². The molecule has 0 aromatic heterocycles. The molecule has 0 bridgehead atoms. The third kappa shape index (κ3) is 7.69. The normalized spacial score (nSPS) is 13.0. The average Bonchev–Trinajstić information content (AvgIpc) is 2.37. The summed E-state index contributed by atoms with van der Waals surface area (Å²) in [6.45, 7) is 12.1. The molecule has 0 aliphatic carbocycles. The Kier molecular flexibility index (Phi) is 6.87. The molecule has 2 N–H and O–H groups in total. The molecule has 0 heterocycles. The molecule has 0 aliphatic rings. The summed E-state index contributed by atoms with van der Waals surface area (Å²) < 4.78 is 17.5. The monoisotopic (exact) mass is 341 g/mol. The lowest BCUT2D eigenvalue weighted by Crippen LogP contribution is -2.26. The van der Waals surface area contributed by atoms with E-state index in [4.69, 9.17) is 19.7 Å². The Hall–Kier alpha value is -1.29. The predicted octanol–water partition coefficient (Wildman–Crippen LogP) is 3.24. The van der Waals surface area contributed by atoms with Crippen LogP contribution in [0.5, 0.6) is 17.2 Å². The molecule has 1 aromatic carbocycles. The zero-order valence-corrected chi connectivity index (χ0v) is 15.8. The van der Waals surface area contributed by atoms with E-state index in [1.165, 1.54) is 0 Å². The summed E-state index contributed by atoms with van der Waals surface area (Å²) in [5.41, 5.74) is 4.59. The van der Waals surface area contributed by atoms with Crippen LogP contribution in [0, 0.1) is 0 Å². The fourth-order valence-electron chi connectivity index (χ4n) is 1.70. The SMILES string of the molecule is CC(C)(C)Oc1cccc(O/[P+]([O-])=C/CCN)c1OC(C)(C)C. The molecule has 1 unspecified atom stereocenters. The van der Waals surface area contributed by atoms with Crippen LogP contribution >= 0.6 is 8.00 Å². The molecule has 0 radical (unpaired) electrons. The lowest BCUT2D eigenvalue weighted by Gasteiger charge is -2.27. The van der Waals surface area contributed by atoms with Crippen LogP contribution in [0.1, 0.15) is 48.0 Å². The van der Waals surface area contributed by atoms with E-state index >= 15 is 0 Å². The molecular weight excluding hydrogens is 313 g/mol. The summed E-state index contributed by atoms with van der Waals surface area (Å²) >= 11 is 0. The van der Waals surface area contributed by atoms with Crippen molar-refractivity contribution in [3.8, 4) is 17.2 Å². The van der Waals surface area contributed by atoms with Crippen molar-refractivity contribution in [1.29, 1.82) is 0 Å². The van der Waals surface area contributed by atoms with Crippen LogP contribution in [-0.2, 0) is 0 Å². The Morgan fingerprint density at radius 2 is 1.61 bits per heavy atom. The van der Waals surface area contributed by atoms with Gasteiger partial charge >= 0.3 is 0 Å². The van der Waals surface area contributed by atoms with Gasteiger partial charge in [0.15, 0.2) is 5.75 Å². The lowest BCUT2D eigenvalue weighted by atomic mass is 10.1. The third-order valence-electron chi connectivity index (χ3n) is 2.40. The smallest absolute Gasteiger partial charge is 0.273 e. The molecule has 1 atom stereocenters. The van der Waals surface area contributed by atoms with E-state index in [0.717, 1.165) is 0 Å². The molecule has 23 heavy (non-hydrogen) atoms. The fraction of sp³-hybridized carbons (Fsp3) is 0.588. The molecule has 130 valence electrons. The van der Waals surface area contributed by atoms with Crippen molar-refractivity contribution in [3.05, 3.63) is 18.2 Å². The maximum absolute atomic E-state index is 12.0. The van der Waals surface area contributed by atoms with Gasteiger partial charge in [0.1, 0.15) is 17.0 Å². The minimum atomic E-state index is -1.96. The van der Waals surface area contributed by atoms with Gasteiger partial charge < -0.3 is 20.1 Å². The molecule has 1 rings (SSSR count). The maximum Gasteiger partial charge on any atom is 0.273 e. The molecule has 5 nitrogen and oxygen atoms in total. The molecule has 0 amide bonds. The summed E-state index contributed by atoms with van der Waals surface area (Å²) in [6, 6.07) is 5.33. The summed E-state index contributed by atoms with van der Waals surface area (Å²) in [6.07, 6.45) is 0.531. The Morgan fingerprint density at radius 3 is 2.13 bits per heavy atom. The molecular formula is C17H28NO4P. The van der Waals surface area contributed by atoms with Gasteiger partial charge in [-0.05, 0) is 60.2 Å². The van der Waals surface area contributed by atoms with E-state index in [2.05, 4.69) is 0 Å². The average molecular weight is 341 g/mol. The zero-order chi connectivity index (χ0) is 17.7. The number of para-hydroxylation sites is 1. The van der Waals surface area contributed by atoms with Gasteiger partial charge in [-0.2, -0.15) is 0 Å². The first-order valence-corrected chi connectivity index (χ1v) is 8.95. The molecule has 0 saturated heterocycles. The first-order valence-electron chi connectivity index (χ1n) is 7.70. The van der Waals surface area contributed by atoms with Crippen molar-refractivity contribution < 1.29 is 18.9 Å². The number of rotatable bonds is 6. The molecule has 0 saturated carbocycles. The molecule has 6 heteroatoms. The number of hydrogen-bond donors (Lipinski definition) is 1. The van der Waals surface area contributed by atoms with Gasteiger partial charge in [0, 0.05) is 6.42 Å². The standard InChI is InChI=1S/C17H28NO4P/c1-16(2,3)20-13-9-7-10-14(15(13)21-17(4,5)6)22-23(19)12-8-11-18/h7,9-10,12H,8,11,18H2,1-6H3. The topological polar surface area (TPSA) is 76.8 Å². The van der Waals surface area contributed by atoms with Gasteiger partial charge in [-0.25, -0.2) is 0 Å². The van der Waals surface area contributed by atoms with Crippen molar-refractivity contribution in [1.82, 2.24) is 0 Å². The van der Waals surface area contributed by atoms with Crippen LogP contribution < -0.4 is 24.6 Å². The zero-order valence-electron chi connectivity index (χ0n) is 14.9. The van der Waals surface area contributed by atoms with Crippen LogP contribution in [0.2, 0.25) is 0 Å². The predicted molar refractivity (Wildman–Crippen MR) is 94.5 cm³/mol. The van der Waals surface area contributed by atoms with E-state index in [-0.39, 0.29) is 5.60 Å². The summed E-state index contributed by atoms with van der Waals surface area (Å²) in [5.74, 6) is 2.98. The second kappa shape index (κ2) is 8.00. The highest BCUT2D eigenvalue weighted by molar-refractivity contribution is 7.45. The Balaban J connectivity index is 3.20. The largest absolute Gasteiger partial charge is 0.595 e. The van der Waals surface area contributed by atoms with Gasteiger partial charge in [-0.15, -0.1) is 0 Å². The lowest BCUT2D eigenvalue weighted by molar-refractivity contribution is -0.165. The third-order valence-corrected chi connectivity index (χ3v) is 3.33. The number of hydrogen-bond acceptors (Lipinski definition) is 5. The van der Waals surface area contributed by atoms with Gasteiger partial charge in [0.25, 0.3) is 8.00 Å². The fourth-order valence-corrected chi connectivity index (χ4v) is 2.47. The van der Waals surface area contributed by atoms with Crippen LogP contribution in [0.3, 0.4) is 0 Å². The molecule has 0 aliphatic heterocycles. The number of benzene rings is 1. The van der Waals surface area contributed by atoms with E-state index in [9.17, 15) is 4.89 Å². The van der Waals surface area contributed by atoms with Crippen LogP contribution in [0.25, 0.3) is 0 Å². The summed E-state index contributed by atoms with van der Waals surface area (Å²) in [4.78, 5) is 12.0. The van der Waals surface area contributed by atoms with E-state index in [0.29, 0.717) is 30.2 Å². The highest BCUT2D eigenvalue weighted by Gasteiger charge is 2.24. The first kappa shape index (κ1) is 19.8. The Labute approximate surface area is 140 Å². The highest BCUT2D eigenvalue weighted by atomic mass is 31.1. The number of ether oxygens (including phenoxy) is 2. The molecule has 0 fully saturated rings. The van der Waals surface area contributed by atoms with Crippen molar-refractivity contribution in [2.75, 3.05) is 6.54 Å². The highest BCUT2D eigenvalue weighted by Crippen LogP contribution is 2.43. The molecule has 0 spiro atoms. The summed E-state index contributed by atoms with van der Waals surface area (Å²) in [7, 11) is -1.96. The summed E-state index contributed by atoms with van der Waals surface area (Å²) in [5, 5.41) is 0. The first-order chi connectivity index (χ1) is 10.5. The van der Waals surface area contributed by atoms with Crippen molar-refractivity contribution in [3.63, 3.8) is 0 Å². The van der Waals surface area contributed by atoms with Crippen molar-refractivity contribution >= 4 is 13.8 Å². The minimum Gasteiger partial charge on any atom is -0.595 e. The van der Waals surface area contributed by atoms with E-state index < -0.39 is 13.6 Å². The Morgan fingerprint density at radius 1 is 1.04 bits per heavy atom. The van der Waals surface area contributed by atoms with Gasteiger partial charge in [0.05, 0.1) is 0 Å². The van der Waals surface area contributed by atoms with Gasteiger partial charge in [0.2, 0.25) is 11.5 Å². The van der Waals surface area contributed by atoms with Gasteiger partial charge in [-0.3, -0.25) is 4.52 Å².